The van der Waals surface area contributed by atoms with Crippen molar-refractivity contribution in [2.75, 3.05) is 21.3 Å². The number of methoxy groups -OCH3 is 3. The lowest BCUT2D eigenvalue weighted by Gasteiger charge is -2.27. The molecule has 1 aliphatic rings. The maximum Gasteiger partial charge on any atom is 0.161 e. The Morgan fingerprint density at radius 2 is 1.78 bits per heavy atom. The van der Waals surface area contributed by atoms with Crippen LogP contribution in [0.5, 0.6) is 28.7 Å². The van der Waals surface area contributed by atoms with E-state index in [0.29, 0.717) is 23.0 Å². The molecule has 0 amide bonds. The molecule has 2 aromatic rings. The van der Waals surface area contributed by atoms with Crippen LogP contribution in [0.1, 0.15) is 23.7 Å². The molecule has 1 unspecified atom stereocenters. The molecule has 0 saturated carbocycles. The molecule has 3 rings (SSSR count). The maximum absolute atomic E-state index is 10.1. The first-order valence-corrected chi connectivity index (χ1v) is 7.44. The van der Waals surface area contributed by atoms with E-state index in [-0.39, 0.29) is 11.9 Å². The van der Waals surface area contributed by atoms with Crippen LogP contribution in [0.4, 0.5) is 0 Å². The zero-order valence-electron chi connectivity index (χ0n) is 13.5. The van der Waals surface area contributed by atoms with Crippen LogP contribution in [0.2, 0.25) is 0 Å². The Hall–Kier alpha value is -2.56. The van der Waals surface area contributed by atoms with Gasteiger partial charge >= 0.3 is 0 Å². The molecule has 0 aliphatic carbocycles. The van der Waals surface area contributed by atoms with Crippen molar-refractivity contribution in [1.29, 1.82) is 0 Å². The number of fused-ring (bicyclic) bond motifs is 1. The predicted octanol–water partition coefficient (Wildman–Crippen LogP) is 3.48. The molecule has 2 aromatic carbocycles. The highest BCUT2D eigenvalue weighted by atomic mass is 16.5. The average molecular weight is 316 g/mol. The van der Waals surface area contributed by atoms with Crippen molar-refractivity contribution >= 4 is 0 Å². The number of phenolic OH excluding ortho intramolecular Hbond substituents is 1. The van der Waals surface area contributed by atoms with Gasteiger partial charge in [-0.15, -0.1) is 0 Å². The molecule has 1 heterocycles. The van der Waals surface area contributed by atoms with E-state index in [1.807, 2.05) is 24.3 Å². The van der Waals surface area contributed by atoms with Crippen LogP contribution < -0.4 is 18.9 Å². The normalized spacial score (nSPS) is 16.2. The molecule has 0 radical (unpaired) electrons. The minimum Gasteiger partial charge on any atom is -0.507 e. The minimum absolute atomic E-state index is 0.103. The topological polar surface area (TPSA) is 57.2 Å². The third kappa shape index (κ3) is 2.86. The lowest BCUT2D eigenvalue weighted by molar-refractivity contribution is 0.173. The number of aromatic hydroxyl groups is 1. The average Bonchev–Trinajstić information content (AvgIpc) is 2.60. The van der Waals surface area contributed by atoms with Crippen molar-refractivity contribution < 1.29 is 24.1 Å². The van der Waals surface area contributed by atoms with Gasteiger partial charge < -0.3 is 24.1 Å². The summed E-state index contributed by atoms with van der Waals surface area (Å²) in [6.45, 7) is 0. The van der Waals surface area contributed by atoms with Crippen molar-refractivity contribution in [2.24, 2.45) is 0 Å². The van der Waals surface area contributed by atoms with Gasteiger partial charge in [-0.05, 0) is 30.5 Å². The SMILES string of the molecule is COc1cc(O)c2c(c1)OC(c1ccc(OC)c(OC)c1)CC2. The highest BCUT2D eigenvalue weighted by molar-refractivity contribution is 5.52. The van der Waals surface area contributed by atoms with E-state index in [9.17, 15) is 5.11 Å². The molecule has 0 saturated heterocycles. The van der Waals surface area contributed by atoms with E-state index < -0.39 is 0 Å². The number of benzene rings is 2. The van der Waals surface area contributed by atoms with E-state index in [4.69, 9.17) is 18.9 Å². The molecular formula is C18H20O5. The van der Waals surface area contributed by atoms with Crippen LogP contribution in [-0.2, 0) is 6.42 Å². The number of phenols is 1. The summed E-state index contributed by atoms with van der Waals surface area (Å²) in [5.41, 5.74) is 1.83. The van der Waals surface area contributed by atoms with Gasteiger partial charge in [0.05, 0.1) is 21.3 Å². The molecule has 122 valence electrons. The fourth-order valence-electron chi connectivity index (χ4n) is 2.86. The summed E-state index contributed by atoms with van der Waals surface area (Å²) in [7, 11) is 4.79. The molecular weight excluding hydrogens is 296 g/mol. The van der Waals surface area contributed by atoms with Crippen LogP contribution in [0.3, 0.4) is 0 Å². The molecule has 0 spiro atoms. The second-order valence-electron chi connectivity index (χ2n) is 5.38. The van der Waals surface area contributed by atoms with Gasteiger partial charge in [-0.3, -0.25) is 0 Å². The smallest absolute Gasteiger partial charge is 0.161 e. The largest absolute Gasteiger partial charge is 0.507 e. The number of rotatable bonds is 4. The van der Waals surface area contributed by atoms with E-state index >= 15 is 0 Å². The standard InChI is InChI=1S/C18H20O5/c1-20-12-9-14(19)13-5-7-15(23-17(13)10-12)11-4-6-16(21-2)18(8-11)22-3/h4,6,8-10,15,19H,5,7H2,1-3H3. The van der Waals surface area contributed by atoms with Crippen LogP contribution in [0, 0.1) is 0 Å². The number of ether oxygens (including phenoxy) is 4. The molecule has 0 aromatic heterocycles. The highest BCUT2D eigenvalue weighted by Gasteiger charge is 2.25. The third-order valence-corrected chi connectivity index (χ3v) is 4.10. The van der Waals surface area contributed by atoms with E-state index in [2.05, 4.69) is 0 Å². The van der Waals surface area contributed by atoms with E-state index in [1.165, 1.54) is 0 Å². The van der Waals surface area contributed by atoms with E-state index in [1.54, 1.807) is 27.4 Å². The lowest BCUT2D eigenvalue weighted by atomic mass is 9.96. The minimum atomic E-state index is -0.103. The van der Waals surface area contributed by atoms with Gasteiger partial charge in [0, 0.05) is 17.7 Å². The quantitative estimate of drug-likeness (QED) is 0.936. The fourth-order valence-corrected chi connectivity index (χ4v) is 2.86. The molecule has 5 nitrogen and oxygen atoms in total. The highest BCUT2D eigenvalue weighted by Crippen LogP contribution is 2.42. The molecule has 1 N–H and O–H groups in total. The van der Waals surface area contributed by atoms with Crippen molar-refractivity contribution in [3.05, 3.63) is 41.5 Å². The summed E-state index contributed by atoms with van der Waals surface area (Å²) in [6.07, 6.45) is 1.42. The first-order chi connectivity index (χ1) is 11.2. The Morgan fingerprint density at radius 1 is 1.00 bits per heavy atom. The number of hydrogen-bond acceptors (Lipinski definition) is 5. The van der Waals surface area contributed by atoms with Crippen LogP contribution in [0.15, 0.2) is 30.3 Å². The van der Waals surface area contributed by atoms with Gasteiger partial charge in [0.1, 0.15) is 23.4 Å². The molecule has 0 bridgehead atoms. The fraction of sp³-hybridized carbons (Fsp3) is 0.333. The Morgan fingerprint density at radius 3 is 2.48 bits per heavy atom. The van der Waals surface area contributed by atoms with Gasteiger partial charge in [-0.1, -0.05) is 6.07 Å². The molecule has 1 atom stereocenters. The summed E-state index contributed by atoms with van der Waals surface area (Å²) < 4.78 is 21.9. The second kappa shape index (κ2) is 6.28. The van der Waals surface area contributed by atoms with Crippen molar-refractivity contribution in [3.8, 4) is 28.7 Å². The number of hydrogen-bond donors (Lipinski definition) is 1. The van der Waals surface area contributed by atoms with Crippen LogP contribution in [0.25, 0.3) is 0 Å². The Balaban J connectivity index is 1.91. The van der Waals surface area contributed by atoms with Gasteiger partial charge in [-0.2, -0.15) is 0 Å². The van der Waals surface area contributed by atoms with Gasteiger partial charge in [-0.25, -0.2) is 0 Å². The molecule has 23 heavy (non-hydrogen) atoms. The van der Waals surface area contributed by atoms with E-state index in [0.717, 1.165) is 24.0 Å². The maximum atomic E-state index is 10.1. The first-order valence-electron chi connectivity index (χ1n) is 7.44. The second-order valence-corrected chi connectivity index (χ2v) is 5.38. The zero-order valence-corrected chi connectivity index (χ0v) is 13.5. The molecule has 1 aliphatic heterocycles. The van der Waals surface area contributed by atoms with Gasteiger partial charge in [0.15, 0.2) is 11.5 Å². The Kier molecular flexibility index (Phi) is 4.19. The predicted molar refractivity (Wildman–Crippen MR) is 85.9 cm³/mol. The molecule has 0 fully saturated rings. The lowest BCUT2D eigenvalue weighted by Crippen LogP contribution is -2.15. The van der Waals surface area contributed by atoms with Crippen LogP contribution >= 0.6 is 0 Å². The summed E-state index contributed by atoms with van der Waals surface area (Å²) in [5, 5.41) is 10.1. The summed E-state index contributed by atoms with van der Waals surface area (Å²) in [5.74, 6) is 2.81. The molecule has 5 heteroatoms. The Bertz CT molecular complexity index is 711. The summed E-state index contributed by atoms with van der Waals surface area (Å²) in [6, 6.07) is 9.18. The third-order valence-electron chi connectivity index (χ3n) is 4.10. The summed E-state index contributed by atoms with van der Waals surface area (Å²) in [4.78, 5) is 0. The Labute approximate surface area is 135 Å². The van der Waals surface area contributed by atoms with Crippen LogP contribution in [-0.4, -0.2) is 26.4 Å². The van der Waals surface area contributed by atoms with Crippen molar-refractivity contribution in [3.63, 3.8) is 0 Å². The summed E-state index contributed by atoms with van der Waals surface area (Å²) >= 11 is 0. The monoisotopic (exact) mass is 316 g/mol. The first kappa shape index (κ1) is 15.3. The van der Waals surface area contributed by atoms with Crippen molar-refractivity contribution in [2.45, 2.75) is 18.9 Å². The van der Waals surface area contributed by atoms with Crippen molar-refractivity contribution in [1.82, 2.24) is 0 Å². The van der Waals surface area contributed by atoms with Gasteiger partial charge in [0.25, 0.3) is 0 Å². The van der Waals surface area contributed by atoms with Gasteiger partial charge in [0.2, 0.25) is 0 Å². The zero-order chi connectivity index (χ0) is 16.4.